The average molecular weight is 303 g/mol. The molecule has 2 rings (SSSR count). The van der Waals surface area contributed by atoms with Crippen molar-refractivity contribution in [3.8, 4) is 0 Å². The Morgan fingerprint density at radius 3 is 2.75 bits per heavy atom. The predicted molar refractivity (Wildman–Crippen MR) is 79.8 cm³/mol. The Kier molecular flexibility index (Phi) is 4.84. The molecule has 2 atom stereocenters. The molecule has 1 fully saturated rings. The zero-order valence-electron chi connectivity index (χ0n) is 12.3. The monoisotopic (exact) mass is 302 g/mol. The summed E-state index contributed by atoms with van der Waals surface area (Å²) in [5.41, 5.74) is 4.97. The molecule has 0 spiro atoms. The standard InChI is InChI=1S/C13H22N4O2.ClH/c1-5-19-9-8-13(14,12(9,2)3)11(18)15-10-6-7-17(4)16-10;/h6-7,9H,5,8,14H2,1-4H3,(H,15,16,18);1H. The summed E-state index contributed by atoms with van der Waals surface area (Å²) < 4.78 is 7.25. The molecule has 1 aromatic rings. The van der Waals surface area contributed by atoms with E-state index < -0.39 is 5.54 Å². The van der Waals surface area contributed by atoms with Gasteiger partial charge in [0.1, 0.15) is 5.54 Å². The van der Waals surface area contributed by atoms with Crippen LogP contribution in [0.2, 0.25) is 0 Å². The van der Waals surface area contributed by atoms with Crippen LogP contribution in [0.3, 0.4) is 0 Å². The van der Waals surface area contributed by atoms with Crippen LogP contribution in [0.5, 0.6) is 0 Å². The molecule has 0 saturated heterocycles. The van der Waals surface area contributed by atoms with E-state index in [1.54, 1.807) is 24.0 Å². The number of rotatable bonds is 4. The zero-order valence-corrected chi connectivity index (χ0v) is 13.2. The predicted octanol–water partition coefficient (Wildman–Crippen LogP) is 1.31. The van der Waals surface area contributed by atoms with Crippen molar-refractivity contribution in [2.24, 2.45) is 18.2 Å². The molecule has 1 aliphatic rings. The number of anilines is 1. The van der Waals surface area contributed by atoms with Crippen molar-refractivity contribution < 1.29 is 9.53 Å². The Morgan fingerprint density at radius 2 is 2.30 bits per heavy atom. The Balaban J connectivity index is 0.00000200. The van der Waals surface area contributed by atoms with Crippen molar-refractivity contribution in [1.29, 1.82) is 0 Å². The molecule has 1 heterocycles. The van der Waals surface area contributed by atoms with Crippen molar-refractivity contribution in [1.82, 2.24) is 9.78 Å². The maximum Gasteiger partial charge on any atom is 0.246 e. The van der Waals surface area contributed by atoms with Crippen LogP contribution >= 0.6 is 12.4 Å². The van der Waals surface area contributed by atoms with Gasteiger partial charge in [-0.15, -0.1) is 12.4 Å². The molecule has 7 heteroatoms. The lowest BCUT2D eigenvalue weighted by Crippen LogP contribution is -2.74. The van der Waals surface area contributed by atoms with Crippen LogP contribution < -0.4 is 11.1 Å². The van der Waals surface area contributed by atoms with Gasteiger partial charge in [-0.2, -0.15) is 5.10 Å². The van der Waals surface area contributed by atoms with Gasteiger partial charge in [0, 0.05) is 37.8 Å². The number of ether oxygens (including phenoxy) is 1. The van der Waals surface area contributed by atoms with E-state index in [1.165, 1.54) is 0 Å². The lowest BCUT2D eigenvalue weighted by atomic mass is 9.54. The van der Waals surface area contributed by atoms with Gasteiger partial charge in [0.15, 0.2) is 5.82 Å². The number of carbonyl (C=O) groups excluding carboxylic acids is 1. The fourth-order valence-electron chi connectivity index (χ4n) is 2.53. The van der Waals surface area contributed by atoms with Crippen molar-refractivity contribution in [3.05, 3.63) is 12.3 Å². The van der Waals surface area contributed by atoms with Crippen molar-refractivity contribution in [2.75, 3.05) is 11.9 Å². The smallest absolute Gasteiger partial charge is 0.246 e. The summed E-state index contributed by atoms with van der Waals surface area (Å²) in [7, 11) is 1.80. The van der Waals surface area contributed by atoms with E-state index in [2.05, 4.69) is 10.4 Å². The van der Waals surface area contributed by atoms with Gasteiger partial charge in [-0.1, -0.05) is 13.8 Å². The summed E-state index contributed by atoms with van der Waals surface area (Å²) in [6.45, 7) is 6.51. The fourth-order valence-corrected chi connectivity index (χ4v) is 2.53. The van der Waals surface area contributed by atoms with E-state index >= 15 is 0 Å². The number of nitrogens with one attached hydrogen (secondary N) is 1. The fraction of sp³-hybridized carbons (Fsp3) is 0.692. The highest BCUT2D eigenvalue weighted by molar-refractivity contribution is 5.99. The number of nitrogens with zero attached hydrogens (tertiary/aromatic N) is 2. The van der Waals surface area contributed by atoms with Crippen molar-refractivity contribution in [3.63, 3.8) is 0 Å². The lowest BCUT2D eigenvalue weighted by Gasteiger charge is -2.57. The molecule has 20 heavy (non-hydrogen) atoms. The quantitative estimate of drug-likeness (QED) is 0.878. The highest BCUT2D eigenvalue weighted by Gasteiger charge is 2.62. The molecule has 1 aliphatic carbocycles. The second-order valence-corrected chi connectivity index (χ2v) is 5.67. The number of aryl methyl sites for hydroxylation is 1. The minimum atomic E-state index is -0.912. The Hall–Kier alpha value is -1.11. The Labute approximate surface area is 125 Å². The highest BCUT2D eigenvalue weighted by atomic mass is 35.5. The maximum absolute atomic E-state index is 12.4. The van der Waals surface area contributed by atoms with Gasteiger partial charge in [-0.25, -0.2) is 0 Å². The van der Waals surface area contributed by atoms with Crippen LogP contribution in [0.15, 0.2) is 12.3 Å². The number of aromatic nitrogens is 2. The first-order valence-corrected chi connectivity index (χ1v) is 6.53. The molecule has 1 amide bonds. The largest absolute Gasteiger partial charge is 0.378 e. The lowest BCUT2D eigenvalue weighted by molar-refractivity contribution is -0.166. The van der Waals surface area contributed by atoms with Crippen molar-refractivity contribution in [2.45, 2.75) is 38.8 Å². The summed E-state index contributed by atoms with van der Waals surface area (Å²) in [5.74, 6) is 0.320. The van der Waals surface area contributed by atoms with E-state index in [0.29, 0.717) is 18.8 Å². The van der Waals surface area contributed by atoms with E-state index in [1.807, 2.05) is 20.8 Å². The van der Waals surface area contributed by atoms with E-state index in [9.17, 15) is 4.79 Å². The maximum atomic E-state index is 12.4. The normalized spacial score (nSPS) is 27.4. The molecule has 1 aromatic heterocycles. The topological polar surface area (TPSA) is 82.2 Å². The highest BCUT2D eigenvalue weighted by Crippen LogP contribution is 2.50. The SMILES string of the molecule is CCOC1CC(N)(C(=O)Nc2ccn(C)n2)C1(C)C.Cl. The molecule has 2 unspecified atom stereocenters. The third kappa shape index (κ3) is 2.55. The first-order chi connectivity index (χ1) is 8.81. The number of hydrogen-bond acceptors (Lipinski definition) is 4. The van der Waals surface area contributed by atoms with Crippen molar-refractivity contribution >= 4 is 24.1 Å². The van der Waals surface area contributed by atoms with Crippen LogP contribution in [0.25, 0.3) is 0 Å². The third-order valence-electron chi connectivity index (χ3n) is 4.19. The molecule has 1 saturated carbocycles. The number of amides is 1. The minimum Gasteiger partial charge on any atom is -0.378 e. The Morgan fingerprint density at radius 1 is 1.65 bits per heavy atom. The number of carbonyl (C=O) groups is 1. The summed E-state index contributed by atoms with van der Waals surface area (Å²) in [4.78, 5) is 12.4. The van der Waals surface area contributed by atoms with Gasteiger partial charge in [0.2, 0.25) is 5.91 Å². The van der Waals surface area contributed by atoms with Gasteiger partial charge in [-0.3, -0.25) is 9.48 Å². The summed E-state index contributed by atoms with van der Waals surface area (Å²) in [5, 5.41) is 6.90. The van der Waals surface area contributed by atoms with E-state index in [-0.39, 0.29) is 29.8 Å². The van der Waals surface area contributed by atoms with Crippen LogP contribution in [0, 0.1) is 5.41 Å². The summed E-state index contributed by atoms with van der Waals surface area (Å²) >= 11 is 0. The molecule has 0 aromatic carbocycles. The van der Waals surface area contributed by atoms with Crippen LogP contribution in [-0.4, -0.2) is 33.9 Å². The second-order valence-electron chi connectivity index (χ2n) is 5.67. The molecular weight excluding hydrogens is 280 g/mol. The molecule has 0 radical (unpaired) electrons. The molecular formula is C13H23ClN4O2. The van der Waals surface area contributed by atoms with E-state index in [4.69, 9.17) is 10.5 Å². The van der Waals surface area contributed by atoms with Gasteiger partial charge < -0.3 is 15.8 Å². The van der Waals surface area contributed by atoms with Gasteiger partial charge >= 0.3 is 0 Å². The number of hydrogen-bond donors (Lipinski definition) is 2. The van der Waals surface area contributed by atoms with E-state index in [0.717, 1.165) is 0 Å². The Bertz CT molecular complexity index is 488. The summed E-state index contributed by atoms with van der Waals surface area (Å²) in [6, 6.07) is 1.74. The van der Waals surface area contributed by atoms with Crippen LogP contribution in [-0.2, 0) is 16.6 Å². The average Bonchev–Trinajstić information content (AvgIpc) is 2.74. The first-order valence-electron chi connectivity index (χ1n) is 6.53. The third-order valence-corrected chi connectivity index (χ3v) is 4.19. The van der Waals surface area contributed by atoms with Gasteiger partial charge in [0.05, 0.1) is 6.10 Å². The number of halogens is 1. The van der Waals surface area contributed by atoms with Gasteiger partial charge in [0.25, 0.3) is 0 Å². The van der Waals surface area contributed by atoms with Crippen LogP contribution in [0.4, 0.5) is 5.82 Å². The first kappa shape index (κ1) is 16.9. The molecule has 6 nitrogen and oxygen atoms in total. The zero-order chi connectivity index (χ0) is 14.3. The summed E-state index contributed by atoms with van der Waals surface area (Å²) in [6.07, 6.45) is 2.33. The molecule has 0 bridgehead atoms. The minimum absolute atomic E-state index is 0. The molecule has 3 N–H and O–H groups in total. The number of nitrogens with two attached hydrogens (primary N) is 1. The van der Waals surface area contributed by atoms with Crippen LogP contribution in [0.1, 0.15) is 27.2 Å². The molecule has 0 aliphatic heterocycles. The second kappa shape index (κ2) is 5.71. The molecule has 114 valence electrons. The van der Waals surface area contributed by atoms with Gasteiger partial charge in [-0.05, 0) is 6.92 Å².